The number of likely N-dealkylation sites (N-methyl/N-ethyl adjacent to an activating group) is 1. The van der Waals surface area contributed by atoms with Crippen molar-refractivity contribution >= 4 is 0 Å². The molecular formula is C13H17F2NO3. The van der Waals surface area contributed by atoms with Gasteiger partial charge in [-0.05, 0) is 24.7 Å². The monoisotopic (exact) mass is 273 g/mol. The highest BCUT2D eigenvalue weighted by molar-refractivity contribution is 5.44. The topological polar surface area (TPSA) is 41.9 Å². The molecule has 0 fully saturated rings. The molecule has 0 bridgehead atoms. The SMILES string of the molecule is CN(CC(F)F)CC(O)c1ccc2c(c1)OCCO2. The summed E-state index contributed by atoms with van der Waals surface area (Å²) < 4.78 is 35.2. The Hall–Kier alpha value is -1.40. The lowest BCUT2D eigenvalue weighted by atomic mass is 10.1. The lowest BCUT2D eigenvalue weighted by Gasteiger charge is -2.23. The minimum absolute atomic E-state index is 0.143. The number of aliphatic hydroxyl groups is 1. The molecule has 0 amide bonds. The van der Waals surface area contributed by atoms with E-state index in [-0.39, 0.29) is 13.1 Å². The van der Waals surface area contributed by atoms with Gasteiger partial charge in [0.1, 0.15) is 13.2 Å². The Bertz CT molecular complexity index is 428. The molecule has 1 aliphatic heterocycles. The summed E-state index contributed by atoms with van der Waals surface area (Å²) >= 11 is 0. The van der Waals surface area contributed by atoms with Crippen molar-refractivity contribution in [2.24, 2.45) is 0 Å². The van der Waals surface area contributed by atoms with Crippen LogP contribution in [-0.4, -0.2) is 49.8 Å². The molecule has 19 heavy (non-hydrogen) atoms. The second kappa shape index (κ2) is 6.16. The van der Waals surface area contributed by atoms with Gasteiger partial charge in [0.15, 0.2) is 11.5 Å². The van der Waals surface area contributed by atoms with Gasteiger partial charge in [-0.3, -0.25) is 4.90 Å². The normalized spacial score (nSPS) is 15.9. The molecule has 1 atom stereocenters. The minimum Gasteiger partial charge on any atom is -0.486 e. The molecular weight excluding hydrogens is 256 g/mol. The van der Waals surface area contributed by atoms with Crippen LogP contribution in [0.15, 0.2) is 18.2 Å². The van der Waals surface area contributed by atoms with E-state index in [4.69, 9.17) is 9.47 Å². The van der Waals surface area contributed by atoms with Crippen molar-refractivity contribution in [3.63, 3.8) is 0 Å². The van der Waals surface area contributed by atoms with Crippen molar-refractivity contribution in [3.05, 3.63) is 23.8 Å². The van der Waals surface area contributed by atoms with Gasteiger partial charge in [0.2, 0.25) is 0 Å². The quantitative estimate of drug-likeness (QED) is 0.886. The maximum absolute atomic E-state index is 12.2. The Morgan fingerprint density at radius 2 is 1.89 bits per heavy atom. The number of fused-ring (bicyclic) bond motifs is 1. The van der Waals surface area contributed by atoms with Gasteiger partial charge in [-0.2, -0.15) is 0 Å². The molecule has 0 radical (unpaired) electrons. The lowest BCUT2D eigenvalue weighted by molar-refractivity contribution is 0.0678. The summed E-state index contributed by atoms with van der Waals surface area (Å²) in [7, 11) is 1.55. The molecule has 106 valence electrons. The Kier molecular flexibility index (Phi) is 4.55. The number of aliphatic hydroxyl groups excluding tert-OH is 1. The second-order valence-corrected chi connectivity index (χ2v) is 4.53. The van der Waals surface area contributed by atoms with Crippen LogP contribution in [0.25, 0.3) is 0 Å². The van der Waals surface area contributed by atoms with Crippen LogP contribution in [0.3, 0.4) is 0 Å². The highest BCUT2D eigenvalue weighted by Crippen LogP contribution is 2.32. The van der Waals surface area contributed by atoms with Crippen molar-refractivity contribution in [1.82, 2.24) is 4.90 Å². The smallest absolute Gasteiger partial charge is 0.251 e. The van der Waals surface area contributed by atoms with Gasteiger partial charge in [0, 0.05) is 6.54 Å². The van der Waals surface area contributed by atoms with Crippen LogP contribution in [0.2, 0.25) is 0 Å². The molecule has 1 aliphatic rings. The van der Waals surface area contributed by atoms with Gasteiger partial charge in [-0.1, -0.05) is 6.07 Å². The summed E-state index contributed by atoms with van der Waals surface area (Å²) in [6.07, 6.45) is -3.24. The number of nitrogens with zero attached hydrogens (tertiary/aromatic N) is 1. The number of alkyl halides is 2. The fraction of sp³-hybridized carbons (Fsp3) is 0.538. The van der Waals surface area contributed by atoms with Crippen LogP contribution >= 0.6 is 0 Å². The first-order chi connectivity index (χ1) is 9.06. The average molecular weight is 273 g/mol. The molecule has 1 N–H and O–H groups in total. The van der Waals surface area contributed by atoms with Crippen molar-refractivity contribution < 1.29 is 23.4 Å². The van der Waals surface area contributed by atoms with Gasteiger partial charge in [0.25, 0.3) is 6.43 Å². The number of ether oxygens (including phenoxy) is 2. The Balaban J connectivity index is 2.00. The molecule has 0 saturated heterocycles. The summed E-state index contributed by atoms with van der Waals surface area (Å²) in [5, 5.41) is 10.0. The second-order valence-electron chi connectivity index (χ2n) is 4.53. The molecule has 2 rings (SSSR count). The number of hydrogen-bond donors (Lipinski definition) is 1. The third kappa shape index (κ3) is 3.78. The maximum Gasteiger partial charge on any atom is 0.251 e. The van der Waals surface area contributed by atoms with E-state index >= 15 is 0 Å². The molecule has 0 spiro atoms. The van der Waals surface area contributed by atoms with Crippen molar-refractivity contribution in [1.29, 1.82) is 0 Å². The van der Waals surface area contributed by atoms with E-state index < -0.39 is 12.5 Å². The van der Waals surface area contributed by atoms with E-state index in [2.05, 4.69) is 0 Å². The van der Waals surface area contributed by atoms with Crippen LogP contribution in [0.4, 0.5) is 8.78 Å². The zero-order valence-electron chi connectivity index (χ0n) is 10.7. The van der Waals surface area contributed by atoms with Crippen LogP contribution in [0.5, 0.6) is 11.5 Å². The van der Waals surface area contributed by atoms with E-state index in [0.29, 0.717) is 30.3 Å². The maximum atomic E-state index is 12.2. The molecule has 1 heterocycles. The van der Waals surface area contributed by atoms with E-state index in [1.165, 1.54) is 4.90 Å². The summed E-state index contributed by atoms with van der Waals surface area (Å²) in [6.45, 7) is 0.759. The van der Waals surface area contributed by atoms with Crippen molar-refractivity contribution in [2.45, 2.75) is 12.5 Å². The molecule has 0 aromatic heterocycles. The Morgan fingerprint density at radius 3 is 2.58 bits per heavy atom. The van der Waals surface area contributed by atoms with Crippen LogP contribution < -0.4 is 9.47 Å². The van der Waals surface area contributed by atoms with E-state index in [1.54, 1.807) is 25.2 Å². The van der Waals surface area contributed by atoms with Gasteiger partial charge in [-0.25, -0.2) is 8.78 Å². The summed E-state index contributed by atoms with van der Waals surface area (Å²) in [5.41, 5.74) is 0.630. The summed E-state index contributed by atoms with van der Waals surface area (Å²) in [4.78, 5) is 1.39. The van der Waals surface area contributed by atoms with Gasteiger partial charge < -0.3 is 14.6 Å². The van der Waals surface area contributed by atoms with Crippen LogP contribution in [0, 0.1) is 0 Å². The predicted octanol–water partition coefficient (Wildman–Crippen LogP) is 1.69. The standard InChI is InChI=1S/C13H17F2NO3/c1-16(8-13(14)15)7-10(17)9-2-3-11-12(6-9)19-5-4-18-11/h2-3,6,10,13,17H,4-5,7-8H2,1H3. The molecule has 1 aromatic rings. The molecule has 1 aromatic carbocycles. The first kappa shape index (κ1) is 14.0. The highest BCUT2D eigenvalue weighted by atomic mass is 19.3. The minimum atomic E-state index is -2.41. The third-order valence-corrected chi connectivity index (χ3v) is 2.89. The van der Waals surface area contributed by atoms with Crippen molar-refractivity contribution in [2.75, 3.05) is 33.4 Å². The third-order valence-electron chi connectivity index (χ3n) is 2.89. The Morgan fingerprint density at radius 1 is 1.21 bits per heavy atom. The molecule has 6 heteroatoms. The first-order valence-corrected chi connectivity index (χ1v) is 6.10. The van der Waals surface area contributed by atoms with Gasteiger partial charge in [-0.15, -0.1) is 0 Å². The van der Waals surface area contributed by atoms with Crippen molar-refractivity contribution in [3.8, 4) is 11.5 Å². The predicted molar refractivity (Wildman–Crippen MR) is 65.9 cm³/mol. The number of benzene rings is 1. The Labute approximate surface area is 110 Å². The van der Waals surface area contributed by atoms with Crippen LogP contribution in [-0.2, 0) is 0 Å². The molecule has 1 unspecified atom stereocenters. The highest BCUT2D eigenvalue weighted by Gasteiger charge is 2.17. The fourth-order valence-corrected chi connectivity index (χ4v) is 1.98. The zero-order chi connectivity index (χ0) is 13.8. The van der Waals surface area contributed by atoms with E-state index in [9.17, 15) is 13.9 Å². The van der Waals surface area contributed by atoms with Crippen LogP contribution in [0.1, 0.15) is 11.7 Å². The molecule has 0 aliphatic carbocycles. The lowest BCUT2D eigenvalue weighted by Crippen LogP contribution is -2.29. The van der Waals surface area contributed by atoms with Gasteiger partial charge >= 0.3 is 0 Å². The number of halogens is 2. The summed E-state index contributed by atoms with van der Waals surface area (Å²) in [5.74, 6) is 1.22. The van der Waals surface area contributed by atoms with E-state index in [1.807, 2.05) is 0 Å². The number of hydrogen-bond acceptors (Lipinski definition) is 4. The zero-order valence-corrected chi connectivity index (χ0v) is 10.7. The largest absolute Gasteiger partial charge is 0.486 e. The van der Waals surface area contributed by atoms with E-state index in [0.717, 1.165) is 0 Å². The number of rotatable bonds is 5. The van der Waals surface area contributed by atoms with Gasteiger partial charge in [0.05, 0.1) is 12.6 Å². The molecule has 4 nitrogen and oxygen atoms in total. The summed E-state index contributed by atoms with van der Waals surface area (Å²) in [6, 6.07) is 5.13. The molecule has 0 saturated carbocycles. The first-order valence-electron chi connectivity index (χ1n) is 6.10. The fourth-order valence-electron chi connectivity index (χ4n) is 1.98. The average Bonchev–Trinajstić information content (AvgIpc) is 2.37.